The molecule has 0 aliphatic rings. The van der Waals surface area contributed by atoms with Gasteiger partial charge < -0.3 is 0 Å². The Morgan fingerprint density at radius 2 is 1.63 bits per heavy atom. The summed E-state index contributed by atoms with van der Waals surface area (Å²) in [6.45, 7) is 2.09. The minimum atomic E-state index is 0.945. The molecular weight excluding hydrogens is 398 g/mol. The minimum absolute atomic E-state index is 0.945. The molecule has 130 valence electrons. The lowest BCUT2D eigenvalue weighted by Gasteiger charge is -2.06. The van der Waals surface area contributed by atoms with E-state index in [4.69, 9.17) is 5.10 Å². The minimum Gasteiger partial charge on any atom is -0.255 e. The van der Waals surface area contributed by atoms with Crippen molar-refractivity contribution >= 4 is 37.7 Å². The van der Waals surface area contributed by atoms with Crippen molar-refractivity contribution in [2.75, 3.05) is 0 Å². The molecule has 2 aromatic heterocycles. The molecule has 3 nitrogen and oxygen atoms in total. The van der Waals surface area contributed by atoms with E-state index < -0.39 is 0 Å². The van der Waals surface area contributed by atoms with Crippen LogP contribution in [0.15, 0.2) is 83.5 Å². The van der Waals surface area contributed by atoms with Gasteiger partial charge in [0.25, 0.3) is 0 Å². The molecule has 0 spiro atoms. The van der Waals surface area contributed by atoms with Crippen LogP contribution in [0.4, 0.5) is 0 Å². The van der Waals surface area contributed by atoms with E-state index in [1.165, 1.54) is 5.56 Å². The third kappa shape index (κ3) is 2.73. The second-order valence-electron chi connectivity index (χ2n) is 6.64. The van der Waals surface area contributed by atoms with Gasteiger partial charge >= 0.3 is 0 Å². The monoisotopic (exact) mass is 413 g/mol. The zero-order valence-corrected chi connectivity index (χ0v) is 16.3. The van der Waals surface area contributed by atoms with Gasteiger partial charge in [-0.25, -0.2) is 4.68 Å². The van der Waals surface area contributed by atoms with E-state index in [1.807, 2.05) is 41.2 Å². The molecule has 0 N–H and O–H groups in total. The first-order valence-corrected chi connectivity index (χ1v) is 9.59. The van der Waals surface area contributed by atoms with Crippen molar-refractivity contribution in [1.82, 2.24) is 14.8 Å². The normalized spacial score (nSPS) is 11.3. The van der Waals surface area contributed by atoms with Crippen molar-refractivity contribution in [2.45, 2.75) is 6.92 Å². The van der Waals surface area contributed by atoms with Gasteiger partial charge in [-0.3, -0.25) is 4.98 Å². The first-order chi connectivity index (χ1) is 13.2. The number of benzene rings is 3. The maximum atomic E-state index is 5.00. The Morgan fingerprint density at radius 3 is 2.41 bits per heavy atom. The maximum Gasteiger partial charge on any atom is 0.102 e. The molecule has 0 aliphatic heterocycles. The SMILES string of the molecule is Cc1ccc(-n2nc(-c3ccccc3)c3cnc4ccc(Br)cc4c32)cc1. The predicted octanol–water partition coefficient (Wildman–Crippen LogP) is 6.31. The molecule has 0 saturated heterocycles. The Hall–Kier alpha value is -2.98. The molecule has 2 heterocycles. The second-order valence-corrected chi connectivity index (χ2v) is 7.56. The number of hydrogen-bond donors (Lipinski definition) is 0. The number of rotatable bonds is 2. The van der Waals surface area contributed by atoms with Gasteiger partial charge in [0, 0.05) is 27.0 Å². The van der Waals surface area contributed by atoms with E-state index in [0.29, 0.717) is 0 Å². The molecule has 0 bridgehead atoms. The van der Waals surface area contributed by atoms with Crippen LogP contribution in [-0.2, 0) is 0 Å². The van der Waals surface area contributed by atoms with Crippen LogP contribution in [0.5, 0.6) is 0 Å². The molecule has 0 aliphatic carbocycles. The summed E-state index contributed by atoms with van der Waals surface area (Å²) in [4.78, 5) is 4.68. The van der Waals surface area contributed by atoms with Crippen molar-refractivity contribution in [1.29, 1.82) is 0 Å². The molecule has 5 aromatic rings. The fourth-order valence-electron chi connectivity index (χ4n) is 3.44. The second kappa shape index (κ2) is 6.32. The van der Waals surface area contributed by atoms with Crippen LogP contribution >= 0.6 is 15.9 Å². The Morgan fingerprint density at radius 1 is 0.852 bits per heavy atom. The predicted molar refractivity (Wildman–Crippen MR) is 114 cm³/mol. The summed E-state index contributed by atoms with van der Waals surface area (Å²) >= 11 is 3.60. The highest BCUT2D eigenvalue weighted by molar-refractivity contribution is 9.10. The maximum absolute atomic E-state index is 5.00. The Labute approximate surface area is 165 Å². The van der Waals surface area contributed by atoms with Crippen LogP contribution in [0.3, 0.4) is 0 Å². The topological polar surface area (TPSA) is 30.7 Å². The summed E-state index contributed by atoms with van der Waals surface area (Å²) in [5, 5.41) is 7.13. The summed E-state index contributed by atoms with van der Waals surface area (Å²) < 4.78 is 3.07. The molecule has 4 heteroatoms. The molecule has 0 fully saturated rings. The molecule has 3 aromatic carbocycles. The molecular formula is C23H16BrN3. The lowest BCUT2D eigenvalue weighted by molar-refractivity contribution is 0.917. The average Bonchev–Trinajstić information content (AvgIpc) is 3.09. The molecule has 0 amide bonds. The zero-order chi connectivity index (χ0) is 18.4. The van der Waals surface area contributed by atoms with Gasteiger partial charge in [0.2, 0.25) is 0 Å². The Balaban J connectivity index is 1.92. The van der Waals surface area contributed by atoms with E-state index in [9.17, 15) is 0 Å². The molecule has 0 unspecified atom stereocenters. The van der Waals surface area contributed by atoms with Crippen LogP contribution < -0.4 is 0 Å². The van der Waals surface area contributed by atoms with Gasteiger partial charge in [0.1, 0.15) is 5.69 Å². The average molecular weight is 414 g/mol. The highest BCUT2D eigenvalue weighted by Crippen LogP contribution is 2.34. The fourth-order valence-corrected chi connectivity index (χ4v) is 3.80. The van der Waals surface area contributed by atoms with Crippen LogP contribution in [0, 0.1) is 6.92 Å². The van der Waals surface area contributed by atoms with Crippen molar-refractivity contribution in [3.63, 3.8) is 0 Å². The first kappa shape index (κ1) is 16.2. The summed E-state index contributed by atoms with van der Waals surface area (Å²) in [6.07, 6.45) is 1.94. The standard InChI is InChI=1S/C23H16BrN3/c1-15-7-10-18(11-8-15)27-23-19-13-17(24)9-12-21(19)25-14-20(23)22(26-27)16-5-3-2-4-6-16/h2-14H,1H3. The van der Waals surface area contributed by atoms with Crippen molar-refractivity contribution in [3.8, 4) is 16.9 Å². The number of pyridine rings is 1. The van der Waals surface area contributed by atoms with Crippen LogP contribution in [0.1, 0.15) is 5.56 Å². The van der Waals surface area contributed by atoms with E-state index in [2.05, 4.69) is 70.3 Å². The largest absolute Gasteiger partial charge is 0.255 e. The van der Waals surface area contributed by atoms with Crippen LogP contribution in [0.2, 0.25) is 0 Å². The summed E-state index contributed by atoms with van der Waals surface area (Å²) in [6, 6.07) is 24.9. The summed E-state index contributed by atoms with van der Waals surface area (Å²) in [5.74, 6) is 0. The summed E-state index contributed by atoms with van der Waals surface area (Å²) in [5.41, 5.74) is 6.33. The summed E-state index contributed by atoms with van der Waals surface area (Å²) in [7, 11) is 0. The number of halogens is 1. The highest BCUT2D eigenvalue weighted by atomic mass is 79.9. The zero-order valence-electron chi connectivity index (χ0n) is 14.7. The molecule has 5 rings (SSSR count). The Kier molecular flexibility index (Phi) is 3.80. The van der Waals surface area contributed by atoms with Gasteiger partial charge in [0.05, 0.1) is 16.7 Å². The fraction of sp³-hybridized carbons (Fsp3) is 0.0435. The van der Waals surface area contributed by atoms with Crippen LogP contribution in [0.25, 0.3) is 38.8 Å². The van der Waals surface area contributed by atoms with Crippen molar-refractivity contribution in [3.05, 3.63) is 89.0 Å². The van der Waals surface area contributed by atoms with Gasteiger partial charge in [-0.15, -0.1) is 0 Å². The van der Waals surface area contributed by atoms with Crippen LogP contribution in [-0.4, -0.2) is 14.8 Å². The number of aryl methyl sites for hydroxylation is 1. The molecule has 0 atom stereocenters. The van der Waals surface area contributed by atoms with Crippen molar-refractivity contribution in [2.24, 2.45) is 0 Å². The molecule has 27 heavy (non-hydrogen) atoms. The first-order valence-electron chi connectivity index (χ1n) is 8.80. The smallest absolute Gasteiger partial charge is 0.102 e. The van der Waals surface area contributed by atoms with Gasteiger partial charge in [-0.05, 0) is 37.3 Å². The van der Waals surface area contributed by atoms with Gasteiger partial charge in [-0.1, -0.05) is 64.0 Å². The van der Waals surface area contributed by atoms with Crippen molar-refractivity contribution < 1.29 is 0 Å². The number of aromatic nitrogens is 3. The Bertz CT molecular complexity index is 1270. The van der Waals surface area contributed by atoms with E-state index in [1.54, 1.807) is 0 Å². The van der Waals surface area contributed by atoms with E-state index in [0.717, 1.165) is 43.2 Å². The molecule has 0 radical (unpaired) electrons. The third-order valence-electron chi connectivity index (χ3n) is 4.79. The number of hydrogen-bond acceptors (Lipinski definition) is 2. The van der Waals surface area contributed by atoms with Gasteiger partial charge in [-0.2, -0.15) is 5.10 Å². The lowest BCUT2D eigenvalue weighted by Crippen LogP contribution is -1.97. The molecule has 0 saturated carbocycles. The number of nitrogens with zero attached hydrogens (tertiary/aromatic N) is 3. The quantitative estimate of drug-likeness (QED) is 0.339. The third-order valence-corrected chi connectivity index (χ3v) is 5.29. The van der Waals surface area contributed by atoms with Gasteiger partial charge in [0.15, 0.2) is 0 Å². The van der Waals surface area contributed by atoms with E-state index >= 15 is 0 Å². The lowest BCUT2D eigenvalue weighted by atomic mass is 10.1. The number of fused-ring (bicyclic) bond motifs is 3. The van der Waals surface area contributed by atoms with E-state index in [-0.39, 0.29) is 0 Å². The highest BCUT2D eigenvalue weighted by Gasteiger charge is 2.17.